The molecule has 0 unspecified atom stereocenters. The van der Waals surface area contributed by atoms with Gasteiger partial charge in [0.05, 0.1) is 0 Å². The van der Waals surface area contributed by atoms with E-state index in [1.807, 2.05) is 0 Å². The molecule has 0 radical (unpaired) electrons. The van der Waals surface area contributed by atoms with Crippen LogP contribution in [0.4, 0.5) is 0 Å². The Morgan fingerprint density at radius 1 is 0.833 bits per heavy atom. The van der Waals surface area contributed by atoms with Crippen LogP contribution in [-0.2, 0) is 0 Å². The van der Waals surface area contributed by atoms with Gasteiger partial charge in [-0.2, -0.15) is 11.1 Å². The fraction of sp³-hybridized carbons (Fsp3) is 0. The first-order valence-electron chi connectivity index (χ1n) is 0.378. The van der Waals surface area contributed by atoms with Crippen molar-refractivity contribution < 1.29 is 37.2 Å². The van der Waals surface area contributed by atoms with Crippen molar-refractivity contribution in [3.05, 3.63) is 0 Å². The molecule has 0 aromatic carbocycles. The molecule has 0 fully saturated rings. The van der Waals surface area contributed by atoms with E-state index < -0.39 is 0 Å². The van der Waals surface area contributed by atoms with Gasteiger partial charge in [0.25, 0.3) is 0 Å². The maximum Gasteiger partial charge on any atom is 3.00 e. The second-order valence-corrected chi connectivity index (χ2v) is 0. The average Bonchev–Trinajstić information content (AvgIpc) is 1.00. The van der Waals surface area contributed by atoms with Crippen molar-refractivity contribution in [1.29, 1.82) is 0 Å². The molecule has 0 nitrogen and oxygen atoms in total. The fourth-order valence-corrected chi connectivity index (χ4v) is 0. The molecule has 6 heteroatoms. The van der Waals surface area contributed by atoms with Crippen molar-refractivity contribution in [3.63, 3.8) is 0 Å². The van der Waals surface area contributed by atoms with Crippen LogP contribution in [0.15, 0.2) is 0 Å². The van der Waals surface area contributed by atoms with Gasteiger partial charge in [0.2, 0.25) is 0 Å². The van der Waals surface area contributed by atoms with Crippen molar-refractivity contribution in [1.82, 2.24) is 0 Å². The molecular weight excluding hydrogens is 197 g/mol. The summed E-state index contributed by atoms with van der Waals surface area (Å²) in [5, 5.41) is 0. The van der Waals surface area contributed by atoms with Crippen LogP contribution in [0.5, 0.6) is 0 Å². The third-order valence-electron chi connectivity index (χ3n) is 0. The van der Waals surface area contributed by atoms with E-state index in [4.69, 9.17) is 11.1 Å². The van der Waals surface area contributed by atoms with Gasteiger partial charge in [-0.1, -0.05) is 0 Å². The molecule has 0 atom stereocenters. The minimum atomic E-state index is 0. The van der Waals surface area contributed by atoms with Crippen molar-refractivity contribution in [2.45, 2.75) is 0 Å². The Hall–Kier alpha value is 1.91. The van der Waals surface area contributed by atoms with Crippen LogP contribution in [-0.4, -0.2) is 26.9 Å². The Balaban J connectivity index is -0.000000000833. The van der Waals surface area contributed by atoms with Crippen molar-refractivity contribution >= 4 is 38.0 Å². The van der Waals surface area contributed by atoms with Gasteiger partial charge in [-0.25, -0.2) is 0 Å². The monoisotopic (exact) mass is 198 g/mol. The van der Waals surface area contributed by atoms with E-state index in [1.54, 1.807) is 0 Å². The maximum absolute atomic E-state index is 4.78. The van der Waals surface area contributed by atoms with Crippen LogP contribution in [0, 0.1) is 0 Å². The van der Waals surface area contributed by atoms with Gasteiger partial charge in [0, 0.05) is 0 Å². The van der Waals surface area contributed by atoms with Crippen LogP contribution in [0.2, 0.25) is 0 Å². The molecule has 0 aliphatic heterocycles. The molecule has 0 aliphatic rings. The Labute approximate surface area is 74.9 Å². The quantitative estimate of drug-likeness (QED) is 0.269. The molecule has 0 rings (SSSR count). The Bertz CT molecular complexity index is 7.51. The van der Waals surface area contributed by atoms with Crippen molar-refractivity contribution in [3.8, 4) is 0 Å². The maximum atomic E-state index is 4.78. The molecule has 0 spiro atoms. The van der Waals surface area contributed by atoms with Crippen LogP contribution in [0.1, 0.15) is 0 Å². The minimum Gasteiger partial charge on any atom is -1.00 e. The summed E-state index contributed by atoms with van der Waals surface area (Å²) < 4.78 is 0. The summed E-state index contributed by atoms with van der Waals surface area (Å²) in [6.45, 7) is 0. The molecule has 0 saturated carbocycles. The zero-order valence-corrected chi connectivity index (χ0v) is 9.27. The second kappa shape index (κ2) is 66.2. The molecule has 0 aromatic rings. The summed E-state index contributed by atoms with van der Waals surface area (Å²) in [6.07, 6.45) is 0. The van der Waals surface area contributed by atoms with Gasteiger partial charge < -0.3 is 37.2 Å². The summed E-state index contributed by atoms with van der Waals surface area (Å²) in [6, 6.07) is 0. The van der Waals surface area contributed by atoms with Gasteiger partial charge in [-0.05, 0) is 0 Å². The van der Waals surface area contributed by atoms with E-state index in [2.05, 4.69) is 0 Å². The first-order chi connectivity index (χ1) is 1.00. The van der Waals surface area contributed by atoms with Crippen LogP contribution in [0.3, 0.4) is 0 Å². The van der Waals surface area contributed by atoms with E-state index in [0.29, 0.717) is 0 Å². The first kappa shape index (κ1) is 44.6. The standard InChI is InChI=1S/Al.ClH3Si.3ClH/c;1-2;;;/h;2H3;3*1H/q+3;;;;/p-3. The molecule has 38 valence electrons. The molecule has 0 aromatic heterocycles. The Kier molecular flexibility index (Phi) is 492. The summed E-state index contributed by atoms with van der Waals surface area (Å²) in [5.74, 6) is 0. The number of rotatable bonds is 0. The number of halogens is 4. The van der Waals surface area contributed by atoms with E-state index in [9.17, 15) is 0 Å². The van der Waals surface area contributed by atoms with E-state index in [0.717, 1.165) is 9.55 Å². The largest absolute Gasteiger partial charge is 3.00 e. The predicted octanol–water partition coefficient (Wildman–Crippen LogP) is -9.86. The first-order valence-corrected chi connectivity index (χ1v) is 3.40. The molecule has 0 aliphatic carbocycles. The van der Waals surface area contributed by atoms with Gasteiger partial charge in [0.15, 0.2) is 0 Å². The second-order valence-electron chi connectivity index (χ2n) is 0. The summed E-state index contributed by atoms with van der Waals surface area (Å²) in [4.78, 5) is 0. The zero-order valence-electron chi connectivity index (χ0n) is 3.09. The number of hydrogen-bond donors (Lipinski definition) is 0. The third kappa shape index (κ3) is 39.1. The molecule has 0 N–H and O–H groups in total. The SMILES string of the molecule is [Al+3].[Cl-].[Cl-].[Cl-].[SiH3]Cl. The predicted molar refractivity (Wildman–Crippen MR) is 21.5 cm³/mol. The molecule has 0 bridgehead atoms. The fourth-order valence-electron chi connectivity index (χ4n) is 0. The van der Waals surface area contributed by atoms with E-state index in [1.165, 1.54) is 0 Å². The Morgan fingerprint density at radius 2 is 0.833 bits per heavy atom. The van der Waals surface area contributed by atoms with Gasteiger partial charge >= 0.3 is 17.4 Å². The molecule has 0 heterocycles. The van der Waals surface area contributed by atoms with Crippen molar-refractivity contribution in [2.75, 3.05) is 0 Å². The topological polar surface area (TPSA) is 0 Å². The molecule has 0 saturated heterocycles. The Morgan fingerprint density at radius 3 is 0.833 bits per heavy atom. The summed E-state index contributed by atoms with van der Waals surface area (Å²) in [7, 11) is 0.778. The molecule has 6 heavy (non-hydrogen) atoms. The van der Waals surface area contributed by atoms with E-state index >= 15 is 0 Å². The smallest absolute Gasteiger partial charge is 1.00 e. The zero-order chi connectivity index (χ0) is 2.00. The van der Waals surface area contributed by atoms with E-state index in [-0.39, 0.29) is 54.6 Å². The minimum absolute atomic E-state index is 0. The molecule has 0 amide bonds. The normalized spacial score (nSPS) is 1.50. The third-order valence-corrected chi connectivity index (χ3v) is 0. The number of hydrogen-bond acceptors (Lipinski definition) is 0. The molecular formula is H3AlCl4Si. The van der Waals surface area contributed by atoms with Crippen LogP contribution < -0.4 is 37.2 Å². The van der Waals surface area contributed by atoms with Gasteiger partial charge in [-0.15, -0.1) is 0 Å². The summed E-state index contributed by atoms with van der Waals surface area (Å²) >= 11 is 4.78. The van der Waals surface area contributed by atoms with Crippen LogP contribution >= 0.6 is 11.1 Å². The van der Waals surface area contributed by atoms with Crippen LogP contribution in [0.25, 0.3) is 0 Å². The van der Waals surface area contributed by atoms with Crippen molar-refractivity contribution in [2.24, 2.45) is 0 Å². The average molecular weight is 200 g/mol. The summed E-state index contributed by atoms with van der Waals surface area (Å²) in [5.41, 5.74) is 0. The van der Waals surface area contributed by atoms with Gasteiger partial charge in [0.1, 0.15) is 9.55 Å². The van der Waals surface area contributed by atoms with Gasteiger partial charge in [-0.3, -0.25) is 0 Å².